The fourth-order valence-corrected chi connectivity index (χ4v) is 3.34. The van der Waals surface area contributed by atoms with Gasteiger partial charge in [-0.05, 0) is 42.4 Å². The number of benzene rings is 3. The predicted molar refractivity (Wildman–Crippen MR) is 121 cm³/mol. The molecule has 3 aromatic rings. The zero-order valence-electron chi connectivity index (χ0n) is 16.3. The van der Waals surface area contributed by atoms with Crippen molar-refractivity contribution < 1.29 is 9.53 Å². The number of carbonyl (C=O) groups excluding carboxylic acids is 1. The number of nitrogens with zero attached hydrogens (tertiary/aromatic N) is 1. The standard InChI is InChI=1S/C24H24N2O2S/c1-18-12-14-21(15-13-18)26(24(25)29)22(16-19-8-4-2-5-9-19)23(27)28-17-20-10-6-3-7-11-20/h2-15,22H,16-17H2,1H3,(H2,25,29)/t22-/m0/s1. The van der Waals surface area contributed by atoms with Gasteiger partial charge in [0.1, 0.15) is 12.6 Å². The lowest BCUT2D eigenvalue weighted by molar-refractivity contribution is -0.146. The van der Waals surface area contributed by atoms with Gasteiger partial charge in [0, 0.05) is 12.1 Å². The van der Waals surface area contributed by atoms with Crippen molar-refractivity contribution in [2.24, 2.45) is 5.73 Å². The predicted octanol–water partition coefficient (Wildman–Crippen LogP) is 4.40. The smallest absolute Gasteiger partial charge is 0.329 e. The third kappa shape index (κ3) is 5.65. The normalized spacial score (nSPS) is 11.5. The van der Waals surface area contributed by atoms with Crippen molar-refractivity contribution in [2.75, 3.05) is 4.90 Å². The number of rotatable bonds is 7. The Kier molecular flexibility index (Phi) is 6.98. The van der Waals surface area contributed by atoms with Gasteiger partial charge >= 0.3 is 5.97 Å². The first-order chi connectivity index (χ1) is 14.0. The molecule has 0 aromatic heterocycles. The van der Waals surface area contributed by atoms with Gasteiger partial charge in [-0.15, -0.1) is 0 Å². The van der Waals surface area contributed by atoms with Gasteiger partial charge in [-0.25, -0.2) is 4.79 Å². The molecule has 0 aliphatic rings. The van der Waals surface area contributed by atoms with Gasteiger partial charge in [0.15, 0.2) is 5.11 Å². The number of hydrogen-bond acceptors (Lipinski definition) is 3. The third-order valence-corrected chi connectivity index (χ3v) is 4.83. The summed E-state index contributed by atoms with van der Waals surface area (Å²) < 4.78 is 5.64. The fraction of sp³-hybridized carbons (Fsp3) is 0.167. The van der Waals surface area contributed by atoms with Crippen LogP contribution in [0.4, 0.5) is 5.69 Å². The first-order valence-corrected chi connectivity index (χ1v) is 9.85. The Morgan fingerprint density at radius 1 is 0.931 bits per heavy atom. The van der Waals surface area contributed by atoms with E-state index in [0.29, 0.717) is 6.42 Å². The van der Waals surface area contributed by atoms with Crippen LogP contribution in [0.3, 0.4) is 0 Å². The average molecular weight is 405 g/mol. The van der Waals surface area contributed by atoms with Crippen LogP contribution in [0.5, 0.6) is 0 Å². The summed E-state index contributed by atoms with van der Waals surface area (Å²) in [6.45, 7) is 2.20. The molecule has 29 heavy (non-hydrogen) atoms. The summed E-state index contributed by atoms with van der Waals surface area (Å²) in [5, 5.41) is 0.131. The van der Waals surface area contributed by atoms with E-state index in [2.05, 4.69) is 0 Å². The monoisotopic (exact) mass is 404 g/mol. The number of hydrogen-bond donors (Lipinski definition) is 1. The van der Waals surface area contributed by atoms with Crippen LogP contribution < -0.4 is 10.6 Å². The maximum absolute atomic E-state index is 13.1. The Bertz CT molecular complexity index is 944. The van der Waals surface area contributed by atoms with E-state index in [4.69, 9.17) is 22.7 Å². The lowest BCUT2D eigenvalue weighted by atomic mass is 10.0. The summed E-state index contributed by atoms with van der Waals surface area (Å²) in [5.41, 5.74) is 9.86. The highest BCUT2D eigenvalue weighted by molar-refractivity contribution is 7.80. The maximum Gasteiger partial charge on any atom is 0.329 e. The van der Waals surface area contributed by atoms with Gasteiger partial charge in [0.05, 0.1) is 0 Å². The summed E-state index contributed by atoms with van der Waals surface area (Å²) in [6.07, 6.45) is 0.430. The Morgan fingerprint density at radius 3 is 2.03 bits per heavy atom. The highest BCUT2D eigenvalue weighted by Crippen LogP contribution is 2.22. The Labute approximate surface area is 176 Å². The molecular formula is C24H24N2O2S. The number of carbonyl (C=O) groups is 1. The van der Waals surface area contributed by atoms with Crippen LogP contribution in [0, 0.1) is 6.92 Å². The molecule has 0 heterocycles. The van der Waals surface area contributed by atoms with E-state index in [1.54, 1.807) is 4.90 Å². The highest BCUT2D eigenvalue weighted by atomic mass is 32.1. The number of esters is 1. The number of ether oxygens (including phenoxy) is 1. The Morgan fingerprint density at radius 2 is 1.48 bits per heavy atom. The van der Waals surface area contributed by atoms with Gasteiger partial charge in [0.25, 0.3) is 0 Å². The van der Waals surface area contributed by atoms with Gasteiger partial charge in [-0.2, -0.15) is 0 Å². The third-order valence-electron chi connectivity index (χ3n) is 4.63. The summed E-state index contributed by atoms with van der Waals surface area (Å²) in [6, 6.07) is 26.5. The minimum absolute atomic E-state index is 0.131. The largest absolute Gasteiger partial charge is 0.459 e. The molecule has 0 saturated carbocycles. The molecule has 3 aromatic carbocycles. The molecule has 0 aliphatic heterocycles. The second-order valence-electron chi connectivity index (χ2n) is 6.84. The average Bonchev–Trinajstić information content (AvgIpc) is 2.74. The Balaban J connectivity index is 1.88. The molecule has 0 saturated heterocycles. The zero-order valence-corrected chi connectivity index (χ0v) is 17.1. The van der Waals surface area contributed by atoms with Crippen molar-refractivity contribution in [1.82, 2.24) is 0 Å². The molecular weight excluding hydrogens is 380 g/mol. The summed E-state index contributed by atoms with van der Waals surface area (Å²) in [4.78, 5) is 14.8. The minimum atomic E-state index is -0.665. The molecule has 148 valence electrons. The van der Waals surface area contributed by atoms with E-state index in [9.17, 15) is 4.79 Å². The van der Waals surface area contributed by atoms with Crippen LogP contribution >= 0.6 is 12.2 Å². The number of thiocarbonyl (C=S) groups is 1. The van der Waals surface area contributed by atoms with E-state index < -0.39 is 6.04 Å². The SMILES string of the molecule is Cc1ccc(N(C(N)=S)[C@@H](Cc2ccccc2)C(=O)OCc2ccccc2)cc1. The lowest BCUT2D eigenvalue weighted by Crippen LogP contribution is -2.49. The van der Waals surface area contributed by atoms with Crippen molar-refractivity contribution in [3.8, 4) is 0 Å². The molecule has 0 unspecified atom stereocenters. The van der Waals surface area contributed by atoms with E-state index >= 15 is 0 Å². The molecule has 2 N–H and O–H groups in total. The second kappa shape index (κ2) is 9.85. The minimum Gasteiger partial charge on any atom is -0.459 e. The zero-order chi connectivity index (χ0) is 20.6. The van der Waals surface area contributed by atoms with Crippen molar-refractivity contribution in [2.45, 2.75) is 26.0 Å². The summed E-state index contributed by atoms with van der Waals surface area (Å²) in [7, 11) is 0. The fourth-order valence-electron chi connectivity index (χ4n) is 3.11. The van der Waals surface area contributed by atoms with Crippen molar-refractivity contribution >= 4 is 29.0 Å². The van der Waals surface area contributed by atoms with Gasteiger partial charge in [0.2, 0.25) is 0 Å². The van der Waals surface area contributed by atoms with Crippen LogP contribution in [-0.2, 0) is 22.6 Å². The van der Waals surface area contributed by atoms with E-state index in [0.717, 1.165) is 22.4 Å². The van der Waals surface area contributed by atoms with Gasteiger partial charge in [-0.1, -0.05) is 78.4 Å². The number of aryl methyl sites for hydroxylation is 1. The molecule has 1 atom stereocenters. The maximum atomic E-state index is 13.1. The highest BCUT2D eigenvalue weighted by Gasteiger charge is 2.30. The van der Waals surface area contributed by atoms with Crippen LogP contribution in [-0.4, -0.2) is 17.1 Å². The molecule has 4 nitrogen and oxygen atoms in total. The molecule has 0 bridgehead atoms. The first kappa shape index (κ1) is 20.6. The molecule has 0 aliphatic carbocycles. The van der Waals surface area contributed by atoms with E-state index in [-0.39, 0.29) is 17.7 Å². The van der Waals surface area contributed by atoms with Gasteiger partial charge in [-0.3, -0.25) is 0 Å². The van der Waals surface area contributed by atoms with Crippen LogP contribution in [0.25, 0.3) is 0 Å². The van der Waals surface area contributed by atoms with Crippen molar-refractivity contribution in [1.29, 1.82) is 0 Å². The summed E-state index contributed by atoms with van der Waals surface area (Å²) in [5.74, 6) is -0.369. The van der Waals surface area contributed by atoms with Crippen LogP contribution in [0.15, 0.2) is 84.9 Å². The number of nitrogens with two attached hydrogens (primary N) is 1. The van der Waals surface area contributed by atoms with Crippen LogP contribution in [0.2, 0.25) is 0 Å². The van der Waals surface area contributed by atoms with Crippen molar-refractivity contribution in [3.05, 3.63) is 102 Å². The molecule has 5 heteroatoms. The molecule has 3 rings (SSSR count). The van der Waals surface area contributed by atoms with Crippen molar-refractivity contribution in [3.63, 3.8) is 0 Å². The van der Waals surface area contributed by atoms with Crippen LogP contribution in [0.1, 0.15) is 16.7 Å². The summed E-state index contributed by atoms with van der Waals surface area (Å²) >= 11 is 5.32. The molecule has 0 radical (unpaired) electrons. The van der Waals surface area contributed by atoms with Gasteiger partial charge < -0.3 is 15.4 Å². The first-order valence-electron chi connectivity index (χ1n) is 9.44. The molecule has 0 spiro atoms. The van der Waals surface area contributed by atoms with E-state index in [1.807, 2.05) is 91.9 Å². The topological polar surface area (TPSA) is 55.6 Å². The Hall–Kier alpha value is -3.18. The van der Waals surface area contributed by atoms with E-state index in [1.165, 1.54) is 0 Å². The lowest BCUT2D eigenvalue weighted by Gasteiger charge is -2.31. The molecule has 0 amide bonds. The molecule has 0 fully saturated rings. The number of anilines is 1. The second-order valence-corrected chi connectivity index (χ2v) is 7.26. The quantitative estimate of drug-likeness (QED) is 0.467.